The average Bonchev–Trinajstić information content (AvgIpc) is 3.38. The number of ketones is 2. The molecule has 0 saturated heterocycles. The maximum atomic E-state index is 12.5. The lowest BCUT2D eigenvalue weighted by Crippen LogP contribution is -2.13. The highest BCUT2D eigenvalue weighted by molar-refractivity contribution is 7.89. The number of nitrogens with one attached hydrogen (secondary N) is 1. The summed E-state index contributed by atoms with van der Waals surface area (Å²) in [5, 5.41) is 10.7. The van der Waals surface area contributed by atoms with Gasteiger partial charge in [0.05, 0.1) is 34.1 Å². The second kappa shape index (κ2) is 7.98. The molecule has 0 spiro atoms. The van der Waals surface area contributed by atoms with Gasteiger partial charge in [0.2, 0.25) is 0 Å². The van der Waals surface area contributed by atoms with Crippen LogP contribution in [0.2, 0.25) is 0 Å². The molecule has 8 nitrogen and oxygen atoms in total. The van der Waals surface area contributed by atoms with Crippen molar-refractivity contribution in [1.82, 2.24) is 19.4 Å². The van der Waals surface area contributed by atoms with Crippen molar-refractivity contribution in [2.24, 2.45) is 0 Å². The van der Waals surface area contributed by atoms with Crippen molar-refractivity contribution in [1.29, 1.82) is 0 Å². The molecule has 0 saturated carbocycles. The van der Waals surface area contributed by atoms with Crippen molar-refractivity contribution in [2.45, 2.75) is 50.3 Å². The molecule has 2 aliphatic rings. The normalized spacial score (nSPS) is 15.8. The second-order valence-corrected chi connectivity index (χ2v) is 9.29. The van der Waals surface area contributed by atoms with E-state index in [0.29, 0.717) is 30.5 Å². The van der Waals surface area contributed by atoms with Crippen molar-refractivity contribution < 1.29 is 18.0 Å². The Balaban J connectivity index is 0.000000181. The molecule has 0 radical (unpaired) electrons. The van der Waals surface area contributed by atoms with E-state index in [-0.39, 0.29) is 16.5 Å². The van der Waals surface area contributed by atoms with Gasteiger partial charge >= 0.3 is 0 Å². The van der Waals surface area contributed by atoms with Crippen molar-refractivity contribution in [3.63, 3.8) is 0 Å². The molecule has 0 fully saturated rings. The van der Waals surface area contributed by atoms with Gasteiger partial charge in [0.1, 0.15) is 0 Å². The molecule has 0 bridgehead atoms. The standard InChI is InChI=1S/C14H14N2O3S.C7H8N2O/c1-10-5-7-11(8-6-10)20(18,19)16-9-12-13(15-16)3-2-4-14(12)17;10-7-3-1-2-6-5(7)4-8-9-6/h5-9H,2-4H2,1H3;4H,1-3H2,(H,8,9). The first kappa shape index (κ1) is 20.2. The van der Waals surface area contributed by atoms with E-state index >= 15 is 0 Å². The van der Waals surface area contributed by atoms with Gasteiger partial charge in [-0.25, -0.2) is 0 Å². The van der Waals surface area contributed by atoms with Crippen molar-refractivity contribution in [2.75, 3.05) is 0 Å². The summed E-state index contributed by atoms with van der Waals surface area (Å²) in [5.41, 5.74) is 3.81. The fourth-order valence-electron chi connectivity index (χ4n) is 3.60. The van der Waals surface area contributed by atoms with E-state index in [9.17, 15) is 18.0 Å². The summed E-state index contributed by atoms with van der Waals surface area (Å²) in [5.74, 6) is 0.201. The van der Waals surface area contributed by atoms with Crippen LogP contribution in [0.15, 0.2) is 41.6 Å². The van der Waals surface area contributed by atoms with E-state index in [2.05, 4.69) is 15.3 Å². The molecule has 156 valence electrons. The largest absolute Gasteiger partial charge is 0.294 e. The zero-order valence-electron chi connectivity index (χ0n) is 16.6. The summed E-state index contributed by atoms with van der Waals surface area (Å²) in [7, 11) is -3.72. The van der Waals surface area contributed by atoms with E-state index in [1.807, 2.05) is 6.92 Å². The Kier molecular flexibility index (Phi) is 5.38. The number of nitrogens with zero attached hydrogens (tertiary/aromatic N) is 3. The smallest absolute Gasteiger partial charge is 0.282 e. The number of benzene rings is 1. The van der Waals surface area contributed by atoms with Crippen LogP contribution in [0, 0.1) is 6.92 Å². The number of aryl methyl sites for hydroxylation is 3. The zero-order chi connectivity index (χ0) is 21.3. The lowest BCUT2D eigenvalue weighted by atomic mass is 9.97. The first-order chi connectivity index (χ1) is 14.4. The molecular formula is C21H22N4O4S. The topological polar surface area (TPSA) is 115 Å². The lowest BCUT2D eigenvalue weighted by Gasteiger charge is -2.06. The van der Waals surface area contributed by atoms with E-state index < -0.39 is 10.0 Å². The van der Waals surface area contributed by atoms with Gasteiger partial charge in [-0.05, 0) is 44.7 Å². The maximum absolute atomic E-state index is 12.5. The minimum atomic E-state index is -3.72. The third kappa shape index (κ3) is 3.85. The summed E-state index contributed by atoms with van der Waals surface area (Å²) in [4.78, 5) is 23.0. The van der Waals surface area contributed by atoms with Crippen LogP contribution in [0.4, 0.5) is 0 Å². The highest BCUT2D eigenvalue weighted by atomic mass is 32.2. The molecule has 0 amide bonds. The van der Waals surface area contributed by atoms with E-state index in [4.69, 9.17) is 0 Å². The molecule has 1 N–H and O–H groups in total. The number of aromatic amines is 1. The SMILES string of the molecule is Cc1ccc(S(=O)(=O)n2cc3c(n2)CCCC3=O)cc1.O=C1CCCc2[nH]ncc21. The Hall–Kier alpha value is -3.07. The van der Waals surface area contributed by atoms with Gasteiger partial charge in [0.15, 0.2) is 11.6 Å². The summed E-state index contributed by atoms with van der Waals surface area (Å²) < 4.78 is 25.8. The lowest BCUT2D eigenvalue weighted by molar-refractivity contribution is 0.0964. The van der Waals surface area contributed by atoms with Crippen LogP contribution < -0.4 is 0 Å². The van der Waals surface area contributed by atoms with Gasteiger partial charge in [-0.15, -0.1) is 0 Å². The first-order valence-corrected chi connectivity index (χ1v) is 11.3. The van der Waals surface area contributed by atoms with Gasteiger partial charge in [-0.3, -0.25) is 14.7 Å². The Bertz CT molecular complexity index is 1210. The maximum Gasteiger partial charge on any atom is 0.282 e. The molecule has 9 heteroatoms. The third-order valence-corrected chi connectivity index (χ3v) is 6.85. The molecule has 3 aromatic rings. The van der Waals surface area contributed by atoms with Crippen LogP contribution >= 0.6 is 0 Å². The van der Waals surface area contributed by atoms with Gasteiger partial charge in [0, 0.05) is 18.5 Å². The molecular weight excluding hydrogens is 404 g/mol. The van der Waals surface area contributed by atoms with Gasteiger partial charge in [-0.1, -0.05) is 17.7 Å². The number of aromatic nitrogens is 4. The number of carbonyl (C=O) groups is 2. The van der Waals surface area contributed by atoms with Crippen molar-refractivity contribution in [3.05, 3.63) is 64.7 Å². The number of H-pyrrole nitrogens is 1. The quantitative estimate of drug-likeness (QED) is 0.674. The molecule has 0 aliphatic heterocycles. The summed E-state index contributed by atoms with van der Waals surface area (Å²) in [6.45, 7) is 1.89. The molecule has 2 heterocycles. The number of rotatable bonds is 2. The van der Waals surface area contributed by atoms with Crippen molar-refractivity contribution >= 4 is 21.6 Å². The predicted molar refractivity (Wildman–Crippen MR) is 109 cm³/mol. The minimum Gasteiger partial charge on any atom is -0.294 e. The molecule has 0 unspecified atom stereocenters. The van der Waals surface area contributed by atoms with Crippen LogP contribution in [-0.4, -0.2) is 39.4 Å². The number of fused-ring (bicyclic) bond motifs is 2. The Labute approximate surface area is 174 Å². The molecule has 0 atom stereocenters. The van der Waals surface area contributed by atoms with Crippen LogP contribution in [0.3, 0.4) is 0 Å². The summed E-state index contributed by atoms with van der Waals surface area (Å²) >= 11 is 0. The van der Waals surface area contributed by atoms with Crippen LogP contribution in [0.5, 0.6) is 0 Å². The average molecular weight is 426 g/mol. The van der Waals surface area contributed by atoms with Crippen LogP contribution in [-0.2, 0) is 22.9 Å². The predicted octanol–water partition coefficient (Wildman–Crippen LogP) is 2.88. The highest BCUT2D eigenvalue weighted by Crippen LogP contribution is 2.22. The fourth-order valence-corrected chi connectivity index (χ4v) is 4.75. The number of hydrogen-bond donors (Lipinski definition) is 1. The first-order valence-electron chi connectivity index (χ1n) is 9.85. The number of carbonyl (C=O) groups excluding carboxylic acids is 2. The molecule has 30 heavy (non-hydrogen) atoms. The number of Topliss-reactive ketones (excluding diaryl/α,β-unsaturated/α-hetero) is 2. The fraction of sp³-hybridized carbons (Fsp3) is 0.333. The summed E-state index contributed by atoms with van der Waals surface area (Å²) in [6.07, 6.45) is 7.43. The highest BCUT2D eigenvalue weighted by Gasteiger charge is 2.26. The van der Waals surface area contributed by atoms with E-state index in [0.717, 1.165) is 40.2 Å². The van der Waals surface area contributed by atoms with Crippen LogP contribution in [0.1, 0.15) is 63.4 Å². The monoisotopic (exact) mass is 426 g/mol. The molecule has 1 aromatic carbocycles. The van der Waals surface area contributed by atoms with Gasteiger partial charge in [-0.2, -0.15) is 22.7 Å². The Morgan fingerprint density at radius 1 is 0.933 bits per heavy atom. The number of hydrogen-bond acceptors (Lipinski definition) is 6. The van der Waals surface area contributed by atoms with Gasteiger partial charge in [0.25, 0.3) is 10.0 Å². The molecule has 2 aliphatic carbocycles. The van der Waals surface area contributed by atoms with Crippen LogP contribution in [0.25, 0.3) is 0 Å². The zero-order valence-corrected chi connectivity index (χ0v) is 17.4. The summed E-state index contributed by atoms with van der Waals surface area (Å²) in [6, 6.07) is 6.57. The van der Waals surface area contributed by atoms with E-state index in [1.165, 1.54) is 6.20 Å². The van der Waals surface area contributed by atoms with E-state index in [1.54, 1.807) is 30.5 Å². The Morgan fingerprint density at radius 2 is 1.60 bits per heavy atom. The Morgan fingerprint density at radius 3 is 2.27 bits per heavy atom. The molecule has 2 aromatic heterocycles. The van der Waals surface area contributed by atoms with Crippen molar-refractivity contribution in [3.8, 4) is 0 Å². The minimum absolute atomic E-state index is 0.0309. The molecule has 5 rings (SSSR count). The third-order valence-electron chi connectivity index (χ3n) is 5.30. The van der Waals surface area contributed by atoms with Gasteiger partial charge < -0.3 is 0 Å². The second-order valence-electron chi connectivity index (χ2n) is 7.50.